The zero-order valence-corrected chi connectivity index (χ0v) is 32.9. The molecule has 0 aliphatic carbocycles. The second-order valence-corrected chi connectivity index (χ2v) is 14.5. The number of ether oxygens (including phenoxy) is 4. The molecule has 0 bridgehead atoms. The van der Waals surface area contributed by atoms with Gasteiger partial charge >= 0.3 is 0 Å². The zero-order valence-electron chi connectivity index (χ0n) is 32.9. The number of phenols is 10. The monoisotopic (exact) mass is 862 g/mol. The van der Waals surface area contributed by atoms with Crippen molar-refractivity contribution >= 4 is 17.3 Å². The van der Waals surface area contributed by atoms with Crippen LogP contribution in [0.15, 0.2) is 97.1 Å². The minimum atomic E-state index is -0.669. The molecule has 17 heteroatoms. The predicted molar refractivity (Wildman–Crippen MR) is 219 cm³/mol. The summed E-state index contributed by atoms with van der Waals surface area (Å²) < 4.78 is 22.0. The van der Waals surface area contributed by atoms with E-state index in [4.69, 9.17) is 18.9 Å². The number of methoxy groups -OCH3 is 1. The Bertz CT molecular complexity index is 2760. The Hall–Kier alpha value is -8.47. The maximum absolute atomic E-state index is 12.2. The van der Waals surface area contributed by atoms with E-state index in [2.05, 4.69) is 0 Å². The van der Waals surface area contributed by atoms with E-state index >= 15 is 0 Å². The molecule has 3 atom stereocenters. The van der Waals surface area contributed by atoms with E-state index in [1.165, 1.54) is 61.7 Å². The first-order valence-electron chi connectivity index (χ1n) is 18.9. The van der Waals surface area contributed by atoms with E-state index in [1.54, 1.807) is 24.3 Å². The van der Waals surface area contributed by atoms with Gasteiger partial charge in [0.2, 0.25) is 0 Å². The molecule has 10 N–H and O–H groups in total. The van der Waals surface area contributed by atoms with Gasteiger partial charge in [-0.15, -0.1) is 0 Å². The van der Waals surface area contributed by atoms with E-state index in [0.717, 1.165) is 23.8 Å². The van der Waals surface area contributed by atoms with Crippen molar-refractivity contribution in [3.8, 4) is 80.5 Å². The maximum Gasteiger partial charge on any atom is 0.174 e. The minimum Gasteiger partial charge on any atom is -0.508 e. The molecule has 0 spiro atoms. The predicted octanol–water partition coefficient (Wildman–Crippen LogP) is 7.24. The molecule has 0 saturated carbocycles. The minimum absolute atomic E-state index is 0.0101. The number of carbonyl (C=O) groups is 3. The summed E-state index contributed by atoms with van der Waals surface area (Å²) in [5.41, 5.74) is 2.10. The molecule has 3 aliphatic rings. The number of aromatic hydroxyl groups is 10. The molecule has 6 aromatic rings. The molecule has 0 radical (unpaired) electrons. The van der Waals surface area contributed by atoms with Crippen LogP contribution in [0.5, 0.6) is 80.5 Å². The fourth-order valence-corrected chi connectivity index (χ4v) is 7.16. The molecule has 0 amide bonds. The summed E-state index contributed by atoms with van der Waals surface area (Å²) in [6.45, 7) is 0. The Morgan fingerprint density at radius 1 is 0.397 bits per heavy atom. The van der Waals surface area contributed by atoms with Gasteiger partial charge in [0.05, 0.1) is 26.4 Å². The highest BCUT2D eigenvalue weighted by molar-refractivity contribution is 6.04. The summed E-state index contributed by atoms with van der Waals surface area (Å²) in [6.07, 6.45) is -1.64. The van der Waals surface area contributed by atoms with Crippen molar-refractivity contribution in [1.82, 2.24) is 0 Å². The number of ketones is 3. The van der Waals surface area contributed by atoms with Gasteiger partial charge in [-0.05, 0) is 53.1 Å². The van der Waals surface area contributed by atoms with Gasteiger partial charge in [0.25, 0.3) is 0 Å². The average molecular weight is 863 g/mol. The molecule has 6 aromatic carbocycles. The molecule has 0 saturated heterocycles. The molecule has 3 aliphatic heterocycles. The summed E-state index contributed by atoms with van der Waals surface area (Å²) >= 11 is 0. The lowest BCUT2D eigenvalue weighted by atomic mass is 9.95. The third-order valence-corrected chi connectivity index (χ3v) is 10.2. The molecule has 63 heavy (non-hydrogen) atoms. The van der Waals surface area contributed by atoms with Crippen LogP contribution in [0.1, 0.15) is 85.3 Å². The molecule has 0 fully saturated rings. The average Bonchev–Trinajstić information content (AvgIpc) is 3.21. The topological polar surface area (TPSA) is 290 Å². The lowest BCUT2D eigenvalue weighted by Gasteiger charge is -2.26. The highest BCUT2D eigenvalue weighted by Crippen LogP contribution is 2.45. The normalized spacial score (nSPS) is 17.1. The summed E-state index contributed by atoms with van der Waals surface area (Å²) in [5, 5.41) is 95.3. The number of hydrogen-bond donors (Lipinski definition) is 10. The third-order valence-electron chi connectivity index (χ3n) is 10.2. The van der Waals surface area contributed by atoms with E-state index in [-0.39, 0.29) is 134 Å². The molecular formula is C46H38O17. The first kappa shape index (κ1) is 42.6. The Kier molecular flexibility index (Phi) is 11.7. The largest absolute Gasteiger partial charge is 0.508 e. The van der Waals surface area contributed by atoms with Crippen molar-refractivity contribution in [1.29, 1.82) is 0 Å². The third kappa shape index (κ3) is 9.02. The van der Waals surface area contributed by atoms with E-state index in [0.29, 0.717) is 11.1 Å². The highest BCUT2D eigenvalue weighted by Gasteiger charge is 2.33. The maximum atomic E-state index is 12.2. The lowest BCUT2D eigenvalue weighted by molar-refractivity contribution is 0.0834. The van der Waals surface area contributed by atoms with Crippen LogP contribution >= 0.6 is 0 Å². The smallest absolute Gasteiger partial charge is 0.174 e. The second kappa shape index (κ2) is 17.3. The van der Waals surface area contributed by atoms with Crippen LogP contribution in [0, 0.1) is 0 Å². The van der Waals surface area contributed by atoms with Gasteiger partial charge in [0.1, 0.15) is 92.5 Å². The summed E-state index contributed by atoms with van der Waals surface area (Å²) in [5.74, 6) is -2.15. The van der Waals surface area contributed by atoms with Gasteiger partial charge in [-0.25, -0.2) is 0 Å². The molecule has 324 valence electrons. The van der Waals surface area contributed by atoms with Crippen molar-refractivity contribution in [2.75, 3.05) is 7.11 Å². The Morgan fingerprint density at radius 3 is 1.16 bits per heavy atom. The van der Waals surface area contributed by atoms with Crippen LogP contribution in [-0.4, -0.2) is 75.5 Å². The standard InChI is InChI=1S/C16H14O6.C15H12O6.C15H12O5/c1-21-14-4-8(2-3-10(14)18)13-7-12(20)16-11(19)5-9(17)6-15(16)22-13;16-8-4-11(19)15-12(20)6-13(21-14(15)5-8)7-1-2-9(17)10(18)3-7;16-9-3-1-8(2-4-9)13-7-12(19)15-11(18)5-10(17)6-14(15)20-13/h2-6,13,17-19H,7H2,1H3;1-5,13,16-19H,6H2;1-6,13,16-18H,7H2/t3*13-/m000/s1. The van der Waals surface area contributed by atoms with Gasteiger partial charge in [-0.3, -0.25) is 14.4 Å². The van der Waals surface area contributed by atoms with Gasteiger partial charge in [-0.2, -0.15) is 0 Å². The molecule has 3 heterocycles. The Balaban J connectivity index is 0.000000142. The van der Waals surface area contributed by atoms with Crippen molar-refractivity contribution in [2.45, 2.75) is 37.6 Å². The van der Waals surface area contributed by atoms with Crippen molar-refractivity contribution in [3.63, 3.8) is 0 Å². The fourth-order valence-electron chi connectivity index (χ4n) is 7.16. The van der Waals surface area contributed by atoms with Gasteiger partial charge in [-0.1, -0.05) is 24.3 Å². The van der Waals surface area contributed by atoms with Crippen LogP contribution in [0.3, 0.4) is 0 Å². The van der Waals surface area contributed by atoms with Gasteiger partial charge in [0.15, 0.2) is 40.3 Å². The van der Waals surface area contributed by atoms with Crippen LogP contribution in [0.2, 0.25) is 0 Å². The SMILES string of the molecule is COc1cc([C@@H]2CC(=O)c3c(O)cc(O)cc3O2)ccc1O.O=C1C[C@@H](c2ccc(O)c(O)c2)Oc2cc(O)cc(O)c21.O=C1C[C@@H](c2ccc(O)cc2)Oc2cc(O)cc(O)c21. The lowest BCUT2D eigenvalue weighted by Crippen LogP contribution is -2.20. The first-order valence-corrected chi connectivity index (χ1v) is 18.9. The number of carbonyl (C=O) groups excluding carboxylic acids is 3. The fraction of sp³-hybridized carbons (Fsp3) is 0.152. The van der Waals surface area contributed by atoms with Crippen LogP contribution < -0.4 is 18.9 Å². The van der Waals surface area contributed by atoms with Crippen molar-refractivity contribution < 1.29 is 84.4 Å². The Morgan fingerprint density at radius 2 is 0.762 bits per heavy atom. The van der Waals surface area contributed by atoms with Gasteiger partial charge in [0, 0.05) is 36.4 Å². The Labute approximate surface area is 356 Å². The summed E-state index contributed by atoms with van der Waals surface area (Å²) in [6, 6.07) is 22.3. The van der Waals surface area contributed by atoms with Crippen LogP contribution in [0.4, 0.5) is 0 Å². The molecule has 17 nitrogen and oxygen atoms in total. The number of benzene rings is 6. The van der Waals surface area contributed by atoms with E-state index in [9.17, 15) is 65.4 Å². The number of Topliss-reactive ketones (excluding diaryl/α,β-unsaturated/α-hetero) is 3. The van der Waals surface area contributed by atoms with Gasteiger partial charge < -0.3 is 70.0 Å². The highest BCUT2D eigenvalue weighted by atomic mass is 16.5. The van der Waals surface area contributed by atoms with Crippen LogP contribution in [0.25, 0.3) is 0 Å². The van der Waals surface area contributed by atoms with E-state index < -0.39 is 18.3 Å². The van der Waals surface area contributed by atoms with Crippen molar-refractivity contribution in [3.05, 3.63) is 130 Å². The van der Waals surface area contributed by atoms with Crippen LogP contribution in [-0.2, 0) is 0 Å². The van der Waals surface area contributed by atoms with Crippen molar-refractivity contribution in [2.24, 2.45) is 0 Å². The zero-order chi connectivity index (χ0) is 45.3. The number of rotatable bonds is 4. The number of fused-ring (bicyclic) bond motifs is 3. The number of hydrogen-bond acceptors (Lipinski definition) is 17. The molecule has 0 unspecified atom stereocenters. The summed E-state index contributed by atoms with van der Waals surface area (Å²) in [7, 11) is 1.43. The summed E-state index contributed by atoms with van der Waals surface area (Å²) in [4.78, 5) is 36.4. The second-order valence-electron chi connectivity index (χ2n) is 14.5. The molecular weight excluding hydrogens is 824 g/mol. The number of phenolic OH excluding ortho intramolecular Hbond substituents is 10. The molecule has 0 aromatic heterocycles. The van der Waals surface area contributed by atoms with E-state index in [1.807, 2.05) is 0 Å². The first-order chi connectivity index (χ1) is 30.0. The molecule has 9 rings (SSSR count). The quantitative estimate of drug-likeness (QED) is 0.0781.